The number of aldehydes is 1. The Hall–Kier alpha value is -2.42. The van der Waals surface area contributed by atoms with Crippen molar-refractivity contribution < 1.29 is 19.2 Å². The summed E-state index contributed by atoms with van der Waals surface area (Å²) in [6.45, 7) is 3.27. The van der Waals surface area contributed by atoms with Crippen LogP contribution in [0.2, 0.25) is 0 Å². The number of carbonyl (C=O) groups is 4. The molecule has 4 heterocycles. The average molecular weight is 410 g/mol. The van der Waals surface area contributed by atoms with Gasteiger partial charge >= 0.3 is 0 Å². The predicted molar refractivity (Wildman–Crippen MR) is 107 cm³/mol. The number of nitrogens with zero attached hydrogens (tertiary/aromatic N) is 2. The predicted octanol–water partition coefficient (Wildman–Crippen LogP) is 0.0527. The first-order chi connectivity index (χ1) is 14.5. The van der Waals surface area contributed by atoms with Crippen LogP contribution < -0.4 is 10.6 Å². The van der Waals surface area contributed by atoms with E-state index in [9.17, 15) is 19.2 Å². The van der Waals surface area contributed by atoms with E-state index in [4.69, 9.17) is 0 Å². The van der Waals surface area contributed by atoms with Gasteiger partial charge in [0.15, 0.2) is 6.29 Å². The molecule has 0 saturated carbocycles. The topological polar surface area (TPSA) is 98.8 Å². The minimum atomic E-state index is -0.763. The highest BCUT2D eigenvalue weighted by atomic mass is 16.2. The molecule has 0 spiro atoms. The number of piperazine rings is 1. The van der Waals surface area contributed by atoms with Crippen LogP contribution in [0.4, 0.5) is 0 Å². The zero-order chi connectivity index (χ0) is 20.8. The van der Waals surface area contributed by atoms with Crippen LogP contribution in [0.5, 0.6) is 0 Å². The van der Waals surface area contributed by atoms with Gasteiger partial charge in [-0.1, -0.05) is 18.2 Å². The number of imide groups is 1. The van der Waals surface area contributed by atoms with Gasteiger partial charge in [0, 0.05) is 44.7 Å². The van der Waals surface area contributed by atoms with E-state index in [-0.39, 0.29) is 18.2 Å². The van der Waals surface area contributed by atoms with Crippen LogP contribution in [0.15, 0.2) is 18.2 Å². The Balaban J connectivity index is 1.39. The number of hydrogen-bond acceptors (Lipinski definition) is 7. The monoisotopic (exact) mass is 410 g/mol. The minimum Gasteiger partial charge on any atom is -0.309 e. The van der Waals surface area contributed by atoms with Gasteiger partial charge < -0.3 is 5.32 Å². The van der Waals surface area contributed by atoms with E-state index < -0.39 is 17.9 Å². The third-order valence-corrected chi connectivity index (χ3v) is 6.88. The van der Waals surface area contributed by atoms with Gasteiger partial charge in [0.2, 0.25) is 17.6 Å². The molecule has 2 amide bonds. The number of nitrogens with one attached hydrogen (secondary N) is 2. The van der Waals surface area contributed by atoms with Crippen molar-refractivity contribution in [3.63, 3.8) is 0 Å². The van der Waals surface area contributed by atoms with Crippen molar-refractivity contribution in [2.45, 2.75) is 62.9 Å². The van der Waals surface area contributed by atoms with E-state index in [1.54, 1.807) is 4.90 Å². The summed E-state index contributed by atoms with van der Waals surface area (Å²) < 4.78 is 0. The molecule has 4 atom stereocenters. The summed E-state index contributed by atoms with van der Waals surface area (Å²) in [4.78, 5) is 52.1. The highest BCUT2D eigenvalue weighted by Gasteiger charge is 2.43. The Morgan fingerprint density at radius 1 is 1.13 bits per heavy atom. The molecule has 1 aromatic carbocycles. The number of fused-ring (bicyclic) bond motifs is 3. The summed E-state index contributed by atoms with van der Waals surface area (Å²) in [5, 5.41) is 5.99. The van der Waals surface area contributed by atoms with Crippen molar-refractivity contribution in [3.8, 4) is 0 Å². The third kappa shape index (κ3) is 3.49. The summed E-state index contributed by atoms with van der Waals surface area (Å²) in [6, 6.07) is 5.89. The number of benzene rings is 1. The molecule has 4 unspecified atom stereocenters. The lowest BCUT2D eigenvalue weighted by molar-refractivity contribution is -0.141. The Labute approximate surface area is 175 Å². The highest BCUT2D eigenvalue weighted by molar-refractivity contribution is 6.27. The summed E-state index contributed by atoms with van der Waals surface area (Å²) >= 11 is 0. The molecular weight excluding hydrogens is 384 g/mol. The van der Waals surface area contributed by atoms with Crippen molar-refractivity contribution in [1.29, 1.82) is 0 Å². The van der Waals surface area contributed by atoms with E-state index in [1.165, 1.54) is 12.8 Å². The summed E-state index contributed by atoms with van der Waals surface area (Å²) in [7, 11) is 0. The molecule has 3 fully saturated rings. The van der Waals surface area contributed by atoms with Gasteiger partial charge in [-0.15, -0.1) is 0 Å². The standard InChI is InChI=1S/C22H26N4O4/c27-12-19(28)21-17-7-13(8-25-10-15-3-4-16(11-25)23-15)1-2-14(17)9-26(21)18-5-6-20(29)24-22(18)30/h1-2,7,12,15-16,18,21,23H,3-6,8-11H2,(H,24,29,30). The zero-order valence-corrected chi connectivity index (χ0v) is 16.8. The van der Waals surface area contributed by atoms with Crippen LogP contribution in [0.1, 0.15) is 48.4 Å². The Kier molecular flexibility index (Phi) is 5.00. The van der Waals surface area contributed by atoms with Crippen LogP contribution in [0.3, 0.4) is 0 Å². The SMILES string of the molecule is O=CC(=O)C1c2cc(CN3CC4CCC(C3)N4)ccc2CN1C1CCC(=O)NC1=O. The van der Waals surface area contributed by atoms with Crippen molar-refractivity contribution >= 4 is 23.9 Å². The summed E-state index contributed by atoms with van der Waals surface area (Å²) in [5.74, 6) is -1.23. The maximum absolute atomic E-state index is 12.6. The second-order valence-corrected chi connectivity index (χ2v) is 8.93. The molecule has 2 bridgehead atoms. The maximum Gasteiger partial charge on any atom is 0.243 e. The molecular formula is C22H26N4O4. The lowest BCUT2D eigenvalue weighted by Gasteiger charge is -2.33. The molecule has 0 aromatic heterocycles. The molecule has 4 aliphatic rings. The van der Waals surface area contributed by atoms with E-state index in [0.717, 1.165) is 36.3 Å². The maximum atomic E-state index is 12.6. The molecule has 3 saturated heterocycles. The average Bonchev–Trinajstić information content (AvgIpc) is 3.26. The molecule has 1 aromatic rings. The first kappa shape index (κ1) is 19.5. The summed E-state index contributed by atoms with van der Waals surface area (Å²) in [6.07, 6.45) is 3.39. The quantitative estimate of drug-likeness (QED) is 0.402. The Morgan fingerprint density at radius 2 is 1.90 bits per heavy atom. The van der Waals surface area contributed by atoms with Crippen LogP contribution in [0, 0.1) is 0 Å². The molecule has 158 valence electrons. The first-order valence-electron chi connectivity index (χ1n) is 10.7. The fraction of sp³-hybridized carbons (Fsp3) is 0.545. The van der Waals surface area contributed by atoms with Crippen LogP contribution in [-0.2, 0) is 32.3 Å². The minimum absolute atomic E-state index is 0.238. The normalized spacial score (nSPS) is 31.5. The number of likely N-dealkylation sites (tertiary alicyclic amines) is 1. The van der Waals surface area contributed by atoms with Crippen LogP contribution in [0.25, 0.3) is 0 Å². The number of rotatable bonds is 5. The van der Waals surface area contributed by atoms with Crippen LogP contribution in [-0.4, -0.2) is 64.9 Å². The van der Waals surface area contributed by atoms with E-state index in [1.807, 2.05) is 12.1 Å². The van der Waals surface area contributed by atoms with E-state index >= 15 is 0 Å². The first-order valence-corrected chi connectivity index (χ1v) is 10.7. The molecule has 0 aliphatic carbocycles. The van der Waals surface area contributed by atoms with Gasteiger partial charge in [0.1, 0.15) is 6.04 Å². The zero-order valence-electron chi connectivity index (χ0n) is 16.8. The Morgan fingerprint density at radius 3 is 2.60 bits per heavy atom. The lowest BCUT2D eigenvalue weighted by atomic mass is 9.97. The molecule has 4 aliphatic heterocycles. The highest BCUT2D eigenvalue weighted by Crippen LogP contribution is 2.38. The van der Waals surface area contributed by atoms with Gasteiger partial charge in [0.05, 0.1) is 6.04 Å². The second-order valence-electron chi connectivity index (χ2n) is 8.93. The van der Waals surface area contributed by atoms with Gasteiger partial charge in [-0.2, -0.15) is 0 Å². The smallest absolute Gasteiger partial charge is 0.243 e. The molecule has 2 N–H and O–H groups in total. The number of ketones is 1. The molecule has 0 radical (unpaired) electrons. The number of amides is 2. The summed E-state index contributed by atoms with van der Waals surface area (Å²) in [5.41, 5.74) is 2.89. The number of Topliss-reactive ketones (excluding diaryl/α,β-unsaturated/α-hetero) is 1. The van der Waals surface area contributed by atoms with Crippen molar-refractivity contribution in [1.82, 2.24) is 20.4 Å². The molecule has 5 rings (SSSR count). The van der Waals surface area contributed by atoms with Gasteiger partial charge in [-0.05, 0) is 36.0 Å². The fourth-order valence-corrected chi connectivity index (χ4v) is 5.55. The fourth-order valence-electron chi connectivity index (χ4n) is 5.55. The largest absolute Gasteiger partial charge is 0.309 e. The lowest BCUT2D eigenvalue weighted by Crippen LogP contribution is -2.52. The molecule has 8 heteroatoms. The van der Waals surface area contributed by atoms with Gasteiger partial charge in [0.25, 0.3) is 0 Å². The van der Waals surface area contributed by atoms with Gasteiger partial charge in [-0.3, -0.25) is 34.3 Å². The Bertz CT molecular complexity index is 904. The van der Waals surface area contributed by atoms with E-state index in [2.05, 4.69) is 21.6 Å². The molecule has 8 nitrogen and oxygen atoms in total. The number of carbonyl (C=O) groups excluding carboxylic acids is 4. The van der Waals surface area contributed by atoms with Crippen molar-refractivity contribution in [2.75, 3.05) is 13.1 Å². The van der Waals surface area contributed by atoms with Crippen LogP contribution >= 0.6 is 0 Å². The molecule has 30 heavy (non-hydrogen) atoms. The number of piperidine rings is 1. The van der Waals surface area contributed by atoms with Gasteiger partial charge in [-0.25, -0.2) is 0 Å². The third-order valence-electron chi connectivity index (χ3n) is 6.88. The van der Waals surface area contributed by atoms with E-state index in [0.29, 0.717) is 31.3 Å². The van der Waals surface area contributed by atoms with Crippen molar-refractivity contribution in [2.24, 2.45) is 0 Å². The second kappa shape index (κ2) is 7.68. The van der Waals surface area contributed by atoms with Crippen molar-refractivity contribution in [3.05, 3.63) is 34.9 Å². The number of hydrogen-bond donors (Lipinski definition) is 2.